The standard InChI is InChI=1S/2C5H11NOS.Ni/c2*1-2-3-4-6-5(7)8;/h2*2-4H2,1H3,(H2,6,7,8);/q;;+2/p-2. The van der Waals surface area contributed by atoms with E-state index in [1.54, 1.807) is 0 Å². The minimum absolute atomic E-state index is 0. The van der Waals surface area contributed by atoms with Gasteiger partial charge in [-0.05, 0) is 12.8 Å². The number of hydrogen-bond donors (Lipinski definition) is 2. The molecule has 4 nitrogen and oxygen atoms in total. The van der Waals surface area contributed by atoms with Crippen LogP contribution >= 0.6 is 0 Å². The SMILES string of the molecule is CCCCNC(=O)[S-].CCCCNC(=O)[S-].[Ni+2]. The molecule has 0 saturated heterocycles. The van der Waals surface area contributed by atoms with Crippen LogP contribution < -0.4 is 10.6 Å². The Morgan fingerprint density at radius 1 is 0.882 bits per heavy atom. The first-order valence-electron chi connectivity index (χ1n) is 5.44. The molecule has 0 bridgehead atoms. The molecule has 17 heavy (non-hydrogen) atoms. The number of carbonyl (C=O) groups is 2. The number of carbonyl (C=O) groups excluding carboxylic acids is 2. The van der Waals surface area contributed by atoms with E-state index in [0.717, 1.165) is 38.8 Å². The summed E-state index contributed by atoms with van der Waals surface area (Å²) in [6, 6.07) is 0. The van der Waals surface area contributed by atoms with Gasteiger partial charge in [-0.3, -0.25) is 0 Å². The van der Waals surface area contributed by atoms with E-state index in [0.29, 0.717) is 0 Å². The van der Waals surface area contributed by atoms with E-state index >= 15 is 0 Å². The first kappa shape index (κ1) is 22.1. The fourth-order valence-corrected chi connectivity index (χ4v) is 0.939. The molecule has 0 aliphatic rings. The summed E-state index contributed by atoms with van der Waals surface area (Å²) in [5.41, 5.74) is 0. The van der Waals surface area contributed by atoms with Gasteiger partial charge >= 0.3 is 16.5 Å². The molecule has 7 heteroatoms. The van der Waals surface area contributed by atoms with Crippen molar-refractivity contribution in [1.29, 1.82) is 0 Å². The molecule has 0 rings (SSSR count). The van der Waals surface area contributed by atoms with E-state index < -0.39 is 0 Å². The molecule has 0 unspecified atom stereocenters. The first-order valence-corrected chi connectivity index (χ1v) is 6.25. The van der Waals surface area contributed by atoms with Crippen LogP contribution in [0.1, 0.15) is 39.5 Å². The van der Waals surface area contributed by atoms with Gasteiger partial charge in [0, 0.05) is 13.1 Å². The van der Waals surface area contributed by atoms with Crippen molar-refractivity contribution in [1.82, 2.24) is 10.6 Å². The van der Waals surface area contributed by atoms with Gasteiger partial charge < -0.3 is 45.5 Å². The predicted octanol–water partition coefficient (Wildman–Crippen LogP) is 2.08. The fourth-order valence-electron chi connectivity index (χ4n) is 0.734. The monoisotopic (exact) mass is 322 g/mol. The third kappa shape index (κ3) is 31.3. The van der Waals surface area contributed by atoms with Crippen molar-refractivity contribution in [2.45, 2.75) is 39.5 Å². The van der Waals surface area contributed by atoms with Gasteiger partial charge in [-0.25, -0.2) is 0 Å². The van der Waals surface area contributed by atoms with Gasteiger partial charge in [0.25, 0.3) is 0 Å². The molecule has 0 heterocycles. The molecular weight excluding hydrogens is 303 g/mol. The van der Waals surface area contributed by atoms with E-state index in [9.17, 15) is 9.59 Å². The molecule has 0 aromatic carbocycles. The maximum absolute atomic E-state index is 10.0. The number of amides is 2. The van der Waals surface area contributed by atoms with Crippen LogP contribution in [0, 0.1) is 0 Å². The molecule has 0 saturated carbocycles. The van der Waals surface area contributed by atoms with Gasteiger partial charge in [0.05, 0.1) is 10.5 Å². The molecule has 0 aromatic heterocycles. The maximum atomic E-state index is 10.0. The van der Waals surface area contributed by atoms with Crippen LogP contribution in [0.5, 0.6) is 0 Å². The topological polar surface area (TPSA) is 58.2 Å². The predicted molar refractivity (Wildman–Crippen MR) is 71.3 cm³/mol. The van der Waals surface area contributed by atoms with E-state index in [1.807, 2.05) is 0 Å². The van der Waals surface area contributed by atoms with Crippen molar-refractivity contribution in [2.75, 3.05) is 13.1 Å². The molecule has 104 valence electrons. The summed E-state index contributed by atoms with van der Waals surface area (Å²) in [5, 5.41) is 4.35. The van der Waals surface area contributed by atoms with E-state index in [-0.39, 0.29) is 27.0 Å². The van der Waals surface area contributed by atoms with Crippen LogP contribution in [0.3, 0.4) is 0 Å². The Morgan fingerprint density at radius 3 is 1.35 bits per heavy atom. The largest absolute Gasteiger partial charge is 2.00 e. The van der Waals surface area contributed by atoms with Crippen molar-refractivity contribution in [3.63, 3.8) is 0 Å². The van der Waals surface area contributed by atoms with Gasteiger partial charge in [-0.15, -0.1) is 0 Å². The molecule has 0 aliphatic carbocycles. The summed E-state index contributed by atoms with van der Waals surface area (Å²) < 4.78 is 0. The van der Waals surface area contributed by atoms with Crippen molar-refractivity contribution < 1.29 is 26.1 Å². The molecule has 2 N–H and O–H groups in total. The Balaban J connectivity index is -0.000000218. The van der Waals surface area contributed by atoms with E-state index in [4.69, 9.17) is 0 Å². The van der Waals surface area contributed by atoms with Gasteiger partial charge in [0.2, 0.25) is 0 Å². The van der Waals surface area contributed by atoms with E-state index in [1.165, 1.54) is 0 Å². The first-order chi connectivity index (χ1) is 7.54. The quantitative estimate of drug-likeness (QED) is 0.446. The Morgan fingerprint density at radius 2 is 1.18 bits per heavy atom. The van der Waals surface area contributed by atoms with Crippen LogP contribution in [-0.4, -0.2) is 23.6 Å². The van der Waals surface area contributed by atoms with E-state index in [2.05, 4.69) is 49.7 Å². The molecule has 0 spiro atoms. The molecule has 0 aromatic rings. The van der Waals surface area contributed by atoms with Crippen LogP contribution in [0.25, 0.3) is 0 Å². The molecule has 2 amide bonds. The van der Waals surface area contributed by atoms with Gasteiger partial charge in [0.15, 0.2) is 0 Å². The molecule has 0 fully saturated rings. The smallest absolute Gasteiger partial charge is 0.719 e. The minimum atomic E-state index is -0.349. The van der Waals surface area contributed by atoms with Crippen molar-refractivity contribution >= 4 is 35.7 Å². The summed E-state index contributed by atoms with van der Waals surface area (Å²) in [6.07, 6.45) is 4.22. The maximum Gasteiger partial charge on any atom is 2.00 e. The Labute approximate surface area is 125 Å². The average molecular weight is 323 g/mol. The zero-order valence-electron chi connectivity index (χ0n) is 10.2. The Bertz CT molecular complexity index is 175. The minimum Gasteiger partial charge on any atom is -0.719 e. The summed E-state index contributed by atoms with van der Waals surface area (Å²) >= 11 is 8.48. The molecule has 0 radical (unpaired) electrons. The Hall–Kier alpha value is -0.126. The second kappa shape index (κ2) is 18.2. The summed E-state index contributed by atoms with van der Waals surface area (Å²) in [4.78, 5) is 20.0. The van der Waals surface area contributed by atoms with Crippen LogP contribution in [0.4, 0.5) is 9.59 Å². The molecule has 0 aliphatic heterocycles. The summed E-state index contributed by atoms with van der Waals surface area (Å²) in [7, 11) is 0. The second-order valence-corrected chi connectivity index (χ2v) is 3.88. The van der Waals surface area contributed by atoms with Gasteiger partial charge in [-0.1, -0.05) is 26.7 Å². The molecule has 0 atom stereocenters. The summed E-state index contributed by atoms with van der Waals surface area (Å²) in [5.74, 6) is 0. The van der Waals surface area contributed by atoms with Crippen molar-refractivity contribution in [3.8, 4) is 0 Å². The number of rotatable bonds is 6. The van der Waals surface area contributed by atoms with Gasteiger partial charge in [-0.2, -0.15) is 0 Å². The van der Waals surface area contributed by atoms with Crippen LogP contribution in [-0.2, 0) is 41.7 Å². The van der Waals surface area contributed by atoms with Crippen molar-refractivity contribution in [3.05, 3.63) is 0 Å². The van der Waals surface area contributed by atoms with Crippen molar-refractivity contribution in [2.24, 2.45) is 0 Å². The number of unbranched alkanes of at least 4 members (excludes halogenated alkanes) is 2. The van der Waals surface area contributed by atoms with Crippen LogP contribution in [0.15, 0.2) is 0 Å². The summed E-state index contributed by atoms with van der Waals surface area (Å²) in [6.45, 7) is 5.57. The Kier molecular flexibility index (Phi) is 23.7. The van der Waals surface area contributed by atoms with Crippen LogP contribution in [0.2, 0.25) is 0 Å². The average Bonchev–Trinajstić information content (AvgIpc) is 2.18. The normalized spacial score (nSPS) is 8.12. The second-order valence-electron chi connectivity index (χ2n) is 3.14. The fraction of sp³-hybridized carbons (Fsp3) is 0.800. The number of nitrogens with one attached hydrogen (secondary N) is 2. The zero-order valence-corrected chi connectivity index (χ0v) is 12.8. The third-order valence-corrected chi connectivity index (χ3v) is 1.89. The third-order valence-electron chi connectivity index (χ3n) is 1.60. The zero-order chi connectivity index (χ0) is 12.8. The molecular formula is C10H20N2NiO2S2. The van der Waals surface area contributed by atoms with Gasteiger partial charge in [0.1, 0.15) is 0 Å². The number of hydrogen-bond acceptors (Lipinski definition) is 4.